The van der Waals surface area contributed by atoms with Crippen molar-refractivity contribution in [3.05, 3.63) is 59.5 Å². The highest BCUT2D eigenvalue weighted by atomic mass is 16.3. The van der Waals surface area contributed by atoms with Crippen LogP contribution in [-0.2, 0) is 11.3 Å². The minimum atomic E-state index is -0.398. The SMILES string of the molecule is Cc1ccccc1C(NC(=O)CNC(=O)NCc1ccco1)C1CC1. The van der Waals surface area contributed by atoms with Gasteiger partial charge in [-0.05, 0) is 48.9 Å². The number of furan rings is 1. The van der Waals surface area contributed by atoms with Crippen LogP contribution in [0.4, 0.5) is 4.79 Å². The maximum Gasteiger partial charge on any atom is 0.315 e. The third kappa shape index (κ3) is 4.86. The molecule has 0 aliphatic heterocycles. The van der Waals surface area contributed by atoms with Gasteiger partial charge in [-0.15, -0.1) is 0 Å². The lowest BCUT2D eigenvalue weighted by atomic mass is 9.97. The van der Waals surface area contributed by atoms with Crippen LogP contribution in [0.15, 0.2) is 47.1 Å². The van der Waals surface area contributed by atoms with E-state index in [-0.39, 0.29) is 25.0 Å². The number of carbonyl (C=O) groups excluding carboxylic acids is 2. The highest BCUT2D eigenvalue weighted by Crippen LogP contribution is 2.41. The molecule has 3 amide bonds. The Morgan fingerprint density at radius 2 is 1.96 bits per heavy atom. The monoisotopic (exact) mass is 341 g/mol. The molecule has 1 heterocycles. The van der Waals surface area contributed by atoms with E-state index < -0.39 is 6.03 Å². The molecule has 1 fully saturated rings. The molecule has 0 radical (unpaired) electrons. The number of carbonyl (C=O) groups is 2. The van der Waals surface area contributed by atoms with E-state index in [4.69, 9.17) is 4.42 Å². The quantitative estimate of drug-likeness (QED) is 0.724. The van der Waals surface area contributed by atoms with Crippen LogP contribution in [0.3, 0.4) is 0 Å². The second-order valence-corrected chi connectivity index (χ2v) is 6.35. The maximum absolute atomic E-state index is 12.2. The first kappa shape index (κ1) is 17.1. The lowest BCUT2D eigenvalue weighted by Gasteiger charge is -2.21. The summed E-state index contributed by atoms with van der Waals surface area (Å²) in [4.78, 5) is 24.0. The third-order valence-corrected chi connectivity index (χ3v) is 4.35. The molecular formula is C19H23N3O3. The van der Waals surface area contributed by atoms with E-state index in [1.54, 1.807) is 18.4 Å². The normalized spacial score (nSPS) is 14.6. The van der Waals surface area contributed by atoms with Crippen LogP contribution in [0.5, 0.6) is 0 Å². The van der Waals surface area contributed by atoms with Crippen molar-refractivity contribution in [2.24, 2.45) is 5.92 Å². The summed E-state index contributed by atoms with van der Waals surface area (Å²) < 4.78 is 5.13. The van der Waals surface area contributed by atoms with E-state index >= 15 is 0 Å². The van der Waals surface area contributed by atoms with E-state index in [0.717, 1.165) is 18.4 Å². The summed E-state index contributed by atoms with van der Waals surface area (Å²) in [5.41, 5.74) is 2.32. The molecule has 6 nitrogen and oxygen atoms in total. The molecular weight excluding hydrogens is 318 g/mol. The van der Waals surface area contributed by atoms with Gasteiger partial charge in [0.25, 0.3) is 0 Å². The van der Waals surface area contributed by atoms with E-state index in [1.807, 2.05) is 12.1 Å². The molecule has 2 aromatic rings. The van der Waals surface area contributed by atoms with Crippen LogP contribution in [0.1, 0.15) is 35.8 Å². The van der Waals surface area contributed by atoms with Gasteiger partial charge in [0.05, 0.1) is 25.4 Å². The van der Waals surface area contributed by atoms with Crippen molar-refractivity contribution in [3.8, 4) is 0 Å². The van der Waals surface area contributed by atoms with Gasteiger partial charge in [-0.2, -0.15) is 0 Å². The summed E-state index contributed by atoms with van der Waals surface area (Å²) in [5, 5.41) is 8.28. The third-order valence-electron chi connectivity index (χ3n) is 4.35. The molecule has 0 spiro atoms. The zero-order valence-corrected chi connectivity index (χ0v) is 14.2. The van der Waals surface area contributed by atoms with Crippen molar-refractivity contribution in [1.29, 1.82) is 0 Å². The Morgan fingerprint density at radius 3 is 2.64 bits per heavy atom. The Morgan fingerprint density at radius 1 is 1.16 bits per heavy atom. The minimum Gasteiger partial charge on any atom is -0.467 e. The number of aryl methyl sites for hydroxylation is 1. The summed E-state index contributed by atoms with van der Waals surface area (Å²) >= 11 is 0. The van der Waals surface area contributed by atoms with Crippen LogP contribution < -0.4 is 16.0 Å². The first-order chi connectivity index (χ1) is 12.1. The molecule has 1 atom stereocenters. The van der Waals surface area contributed by atoms with Gasteiger partial charge < -0.3 is 20.4 Å². The predicted molar refractivity (Wildman–Crippen MR) is 93.7 cm³/mol. The molecule has 1 aliphatic rings. The van der Waals surface area contributed by atoms with Gasteiger partial charge in [0.2, 0.25) is 5.91 Å². The summed E-state index contributed by atoms with van der Waals surface area (Å²) in [6.45, 7) is 2.28. The number of rotatable bonds is 7. The topological polar surface area (TPSA) is 83.4 Å². The summed E-state index contributed by atoms with van der Waals surface area (Å²) in [7, 11) is 0. The van der Waals surface area contributed by atoms with Crippen LogP contribution in [0, 0.1) is 12.8 Å². The minimum absolute atomic E-state index is 0.0154. The van der Waals surface area contributed by atoms with Gasteiger partial charge in [0, 0.05) is 0 Å². The number of amides is 3. The molecule has 1 unspecified atom stereocenters. The lowest BCUT2D eigenvalue weighted by molar-refractivity contribution is -0.121. The fourth-order valence-electron chi connectivity index (χ4n) is 2.84. The molecule has 0 bridgehead atoms. The Balaban J connectivity index is 1.47. The van der Waals surface area contributed by atoms with Gasteiger partial charge in [-0.1, -0.05) is 24.3 Å². The maximum atomic E-state index is 12.2. The fraction of sp³-hybridized carbons (Fsp3) is 0.368. The Kier molecular flexibility index (Phi) is 5.38. The molecule has 3 rings (SSSR count). The van der Waals surface area contributed by atoms with Crippen molar-refractivity contribution >= 4 is 11.9 Å². The van der Waals surface area contributed by atoms with Crippen molar-refractivity contribution in [2.45, 2.75) is 32.4 Å². The van der Waals surface area contributed by atoms with Crippen molar-refractivity contribution in [3.63, 3.8) is 0 Å². The van der Waals surface area contributed by atoms with Gasteiger partial charge in [0.15, 0.2) is 0 Å². The van der Waals surface area contributed by atoms with E-state index in [0.29, 0.717) is 11.7 Å². The molecule has 1 aromatic heterocycles. The van der Waals surface area contributed by atoms with E-state index in [1.165, 1.54) is 5.56 Å². The van der Waals surface area contributed by atoms with Gasteiger partial charge in [-0.3, -0.25) is 4.79 Å². The number of benzene rings is 1. The van der Waals surface area contributed by atoms with E-state index in [9.17, 15) is 9.59 Å². The molecule has 132 valence electrons. The summed E-state index contributed by atoms with van der Waals surface area (Å²) in [6, 6.07) is 11.2. The fourth-order valence-corrected chi connectivity index (χ4v) is 2.84. The first-order valence-corrected chi connectivity index (χ1v) is 8.52. The highest BCUT2D eigenvalue weighted by Gasteiger charge is 2.34. The zero-order chi connectivity index (χ0) is 17.6. The largest absolute Gasteiger partial charge is 0.467 e. The van der Waals surface area contributed by atoms with Crippen molar-refractivity contribution in [2.75, 3.05) is 6.54 Å². The van der Waals surface area contributed by atoms with Gasteiger partial charge in [0.1, 0.15) is 5.76 Å². The lowest BCUT2D eigenvalue weighted by Crippen LogP contribution is -2.43. The molecule has 0 saturated heterocycles. The number of nitrogens with one attached hydrogen (secondary N) is 3. The average Bonchev–Trinajstić information content (AvgIpc) is 3.32. The smallest absolute Gasteiger partial charge is 0.315 e. The van der Waals surface area contributed by atoms with Crippen molar-refractivity contribution < 1.29 is 14.0 Å². The van der Waals surface area contributed by atoms with Crippen LogP contribution in [0.2, 0.25) is 0 Å². The molecule has 3 N–H and O–H groups in total. The van der Waals surface area contributed by atoms with Gasteiger partial charge >= 0.3 is 6.03 Å². The van der Waals surface area contributed by atoms with E-state index in [2.05, 4.69) is 35.0 Å². The second-order valence-electron chi connectivity index (χ2n) is 6.35. The summed E-state index contributed by atoms with van der Waals surface area (Å²) in [6.07, 6.45) is 3.79. The van der Waals surface area contributed by atoms with Crippen LogP contribution >= 0.6 is 0 Å². The van der Waals surface area contributed by atoms with Crippen molar-refractivity contribution in [1.82, 2.24) is 16.0 Å². The van der Waals surface area contributed by atoms with Crippen LogP contribution in [-0.4, -0.2) is 18.5 Å². The first-order valence-electron chi connectivity index (χ1n) is 8.52. The number of urea groups is 1. The number of hydrogen-bond acceptors (Lipinski definition) is 3. The Bertz CT molecular complexity index is 723. The molecule has 1 saturated carbocycles. The second kappa shape index (κ2) is 7.88. The summed E-state index contributed by atoms with van der Waals surface area (Å²) in [5.74, 6) is 0.957. The molecule has 1 aromatic carbocycles. The zero-order valence-electron chi connectivity index (χ0n) is 14.2. The molecule has 25 heavy (non-hydrogen) atoms. The van der Waals surface area contributed by atoms with Crippen LogP contribution in [0.25, 0.3) is 0 Å². The highest BCUT2D eigenvalue weighted by molar-refractivity contribution is 5.84. The number of hydrogen-bond donors (Lipinski definition) is 3. The average molecular weight is 341 g/mol. The standard InChI is InChI=1S/C19H23N3O3/c1-13-5-2-3-7-16(13)18(14-8-9-14)22-17(23)12-21-19(24)20-11-15-6-4-10-25-15/h2-7,10,14,18H,8-9,11-12H2,1H3,(H,22,23)(H2,20,21,24). The Hall–Kier alpha value is -2.76. The molecule has 1 aliphatic carbocycles. The predicted octanol–water partition coefficient (Wildman–Crippen LogP) is 2.65. The Labute approximate surface area is 147 Å². The van der Waals surface area contributed by atoms with Gasteiger partial charge in [-0.25, -0.2) is 4.79 Å². The molecule has 6 heteroatoms.